The van der Waals surface area contributed by atoms with E-state index in [1.807, 2.05) is 24.3 Å². The quantitative estimate of drug-likeness (QED) is 0.746. The molecule has 1 saturated heterocycles. The van der Waals surface area contributed by atoms with E-state index in [9.17, 15) is 17.6 Å². The Balaban J connectivity index is 1.74. The highest BCUT2D eigenvalue weighted by Gasteiger charge is 2.35. The molecule has 8 heteroatoms. The summed E-state index contributed by atoms with van der Waals surface area (Å²) in [6, 6.07) is 11.0. The molecule has 3 rings (SSSR count). The lowest BCUT2D eigenvalue weighted by molar-refractivity contribution is -0.120. The van der Waals surface area contributed by atoms with Crippen LogP contribution in [0.15, 0.2) is 47.4 Å². The lowest BCUT2D eigenvalue weighted by atomic mass is 9.98. The number of nitrogens with zero attached hydrogens (tertiary/aromatic N) is 1. The first-order valence-electron chi connectivity index (χ1n) is 9.97. The van der Waals surface area contributed by atoms with Gasteiger partial charge in [-0.3, -0.25) is 4.79 Å². The van der Waals surface area contributed by atoms with E-state index in [2.05, 4.69) is 19.2 Å². The third kappa shape index (κ3) is 4.82. The number of anilines is 1. The lowest BCUT2D eigenvalue weighted by Crippen LogP contribution is -2.43. The van der Waals surface area contributed by atoms with E-state index in [0.29, 0.717) is 24.4 Å². The Bertz CT molecular complexity index is 1010. The van der Waals surface area contributed by atoms with Gasteiger partial charge in [0.15, 0.2) is 0 Å². The zero-order valence-electron chi connectivity index (χ0n) is 17.4. The Morgan fingerprint density at radius 1 is 1.20 bits per heavy atom. The van der Waals surface area contributed by atoms with Gasteiger partial charge in [-0.15, -0.1) is 0 Å². The topological polar surface area (TPSA) is 75.7 Å². The summed E-state index contributed by atoms with van der Waals surface area (Å²) in [5, 5.41) is 2.88. The summed E-state index contributed by atoms with van der Waals surface area (Å²) in [6.45, 7) is 4.50. The first-order chi connectivity index (χ1) is 14.2. The number of hydrogen-bond donors (Lipinski definition) is 1. The molecule has 1 aliphatic rings. The number of hydrogen-bond acceptors (Lipinski definition) is 4. The molecule has 0 saturated carbocycles. The molecular weight excluding hydrogens is 407 g/mol. The van der Waals surface area contributed by atoms with Gasteiger partial charge in [-0.1, -0.05) is 26.0 Å². The molecule has 0 aliphatic carbocycles. The van der Waals surface area contributed by atoms with E-state index < -0.39 is 21.8 Å². The minimum Gasteiger partial charge on any atom is -0.495 e. The summed E-state index contributed by atoms with van der Waals surface area (Å²) < 4.78 is 46.2. The minimum absolute atomic E-state index is 0.0396. The van der Waals surface area contributed by atoms with Crippen molar-refractivity contribution in [3.63, 3.8) is 0 Å². The maximum Gasteiger partial charge on any atom is 0.246 e. The molecule has 0 spiro atoms. The Morgan fingerprint density at radius 2 is 1.90 bits per heavy atom. The second-order valence-electron chi connectivity index (χ2n) is 7.76. The molecule has 1 amide bonds. The van der Waals surface area contributed by atoms with Crippen molar-refractivity contribution in [3.05, 3.63) is 53.8 Å². The van der Waals surface area contributed by atoms with Crippen molar-refractivity contribution in [2.24, 2.45) is 5.92 Å². The molecule has 162 valence electrons. The van der Waals surface area contributed by atoms with Gasteiger partial charge in [0.25, 0.3) is 0 Å². The van der Waals surface area contributed by atoms with Crippen LogP contribution in [0.2, 0.25) is 0 Å². The van der Waals surface area contributed by atoms with Crippen LogP contribution in [0.4, 0.5) is 10.1 Å². The molecule has 0 radical (unpaired) electrons. The number of methoxy groups -OCH3 is 1. The average molecular weight is 435 g/mol. The van der Waals surface area contributed by atoms with Gasteiger partial charge in [-0.2, -0.15) is 4.31 Å². The summed E-state index contributed by atoms with van der Waals surface area (Å²) in [5.41, 5.74) is 1.85. The summed E-state index contributed by atoms with van der Waals surface area (Å²) in [7, 11) is -2.66. The number of nitrogens with one attached hydrogen (secondary N) is 1. The van der Waals surface area contributed by atoms with Crippen LogP contribution in [-0.2, 0) is 14.8 Å². The molecule has 1 N–H and O–H groups in total. The Kier molecular flexibility index (Phi) is 6.77. The molecule has 1 unspecified atom stereocenters. The van der Waals surface area contributed by atoms with Crippen molar-refractivity contribution >= 4 is 21.6 Å². The standard InChI is InChI=1S/C22H27FN2O4S/c1-15(2)16-6-9-19(10-7-16)24-22(26)17-5-4-12-25(14-17)30(27,28)21-13-18(23)8-11-20(21)29-3/h6-11,13,15,17H,4-5,12,14H2,1-3H3,(H,24,26). The lowest BCUT2D eigenvalue weighted by Gasteiger charge is -2.31. The number of benzene rings is 2. The number of ether oxygens (including phenoxy) is 1. The second kappa shape index (κ2) is 9.14. The normalized spacial score (nSPS) is 17.7. The van der Waals surface area contributed by atoms with Crippen LogP contribution in [0.3, 0.4) is 0 Å². The number of piperidine rings is 1. The van der Waals surface area contributed by atoms with E-state index in [1.54, 1.807) is 0 Å². The number of rotatable bonds is 6. The number of carbonyl (C=O) groups excluding carboxylic acids is 1. The molecule has 1 atom stereocenters. The van der Waals surface area contributed by atoms with Crippen LogP contribution in [0.1, 0.15) is 38.2 Å². The van der Waals surface area contributed by atoms with Crippen molar-refractivity contribution < 1.29 is 22.3 Å². The predicted octanol–water partition coefficient (Wildman–Crippen LogP) is 4.00. The Morgan fingerprint density at radius 3 is 2.53 bits per heavy atom. The van der Waals surface area contributed by atoms with Crippen molar-refractivity contribution in [1.82, 2.24) is 4.31 Å². The molecule has 30 heavy (non-hydrogen) atoms. The van der Waals surface area contributed by atoms with Crippen LogP contribution in [0, 0.1) is 11.7 Å². The minimum atomic E-state index is -3.99. The SMILES string of the molecule is COc1ccc(F)cc1S(=O)(=O)N1CCCC(C(=O)Nc2ccc(C(C)C)cc2)C1. The third-order valence-corrected chi connectivity index (χ3v) is 7.23. The molecule has 6 nitrogen and oxygen atoms in total. The molecule has 0 aromatic heterocycles. The third-order valence-electron chi connectivity index (χ3n) is 5.34. The summed E-state index contributed by atoms with van der Waals surface area (Å²) in [6.07, 6.45) is 1.13. The number of sulfonamides is 1. The van der Waals surface area contributed by atoms with E-state index in [4.69, 9.17) is 4.74 Å². The zero-order valence-corrected chi connectivity index (χ0v) is 18.2. The fourth-order valence-corrected chi connectivity index (χ4v) is 5.25. The van der Waals surface area contributed by atoms with E-state index in [-0.39, 0.29) is 29.6 Å². The second-order valence-corrected chi connectivity index (χ2v) is 9.67. The number of halogens is 1. The van der Waals surface area contributed by atoms with E-state index in [0.717, 1.165) is 12.1 Å². The molecule has 1 fully saturated rings. The van der Waals surface area contributed by atoms with Crippen LogP contribution in [0.25, 0.3) is 0 Å². The van der Waals surface area contributed by atoms with E-state index in [1.165, 1.54) is 23.0 Å². The molecular formula is C22H27FN2O4S. The van der Waals surface area contributed by atoms with Crippen molar-refractivity contribution in [3.8, 4) is 5.75 Å². The highest BCUT2D eigenvalue weighted by molar-refractivity contribution is 7.89. The fourth-order valence-electron chi connectivity index (χ4n) is 3.56. The van der Waals surface area contributed by atoms with Gasteiger partial charge in [-0.25, -0.2) is 12.8 Å². The first-order valence-corrected chi connectivity index (χ1v) is 11.4. The van der Waals surface area contributed by atoms with Gasteiger partial charge in [0.05, 0.1) is 13.0 Å². The van der Waals surface area contributed by atoms with Gasteiger partial charge in [0.1, 0.15) is 16.5 Å². The largest absolute Gasteiger partial charge is 0.495 e. The monoisotopic (exact) mass is 434 g/mol. The Hall–Kier alpha value is -2.45. The summed E-state index contributed by atoms with van der Waals surface area (Å²) in [4.78, 5) is 12.5. The first kappa shape index (κ1) is 22.2. The number of carbonyl (C=O) groups is 1. The summed E-state index contributed by atoms with van der Waals surface area (Å²) >= 11 is 0. The molecule has 2 aromatic carbocycles. The highest BCUT2D eigenvalue weighted by atomic mass is 32.2. The van der Waals surface area contributed by atoms with Gasteiger partial charge in [0, 0.05) is 18.8 Å². The highest BCUT2D eigenvalue weighted by Crippen LogP contribution is 2.31. The van der Waals surface area contributed by atoms with Gasteiger partial charge >= 0.3 is 0 Å². The van der Waals surface area contributed by atoms with Gasteiger partial charge < -0.3 is 10.1 Å². The predicted molar refractivity (Wildman–Crippen MR) is 114 cm³/mol. The van der Waals surface area contributed by atoms with Gasteiger partial charge in [-0.05, 0) is 54.7 Å². The molecule has 1 aliphatic heterocycles. The maximum atomic E-state index is 13.7. The van der Waals surface area contributed by atoms with Gasteiger partial charge in [0.2, 0.25) is 15.9 Å². The molecule has 1 heterocycles. The fraction of sp³-hybridized carbons (Fsp3) is 0.409. The zero-order chi connectivity index (χ0) is 21.9. The van der Waals surface area contributed by atoms with Crippen molar-refractivity contribution in [2.75, 3.05) is 25.5 Å². The van der Waals surface area contributed by atoms with Crippen LogP contribution < -0.4 is 10.1 Å². The smallest absolute Gasteiger partial charge is 0.246 e. The van der Waals surface area contributed by atoms with Crippen LogP contribution in [0.5, 0.6) is 5.75 Å². The number of amides is 1. The molecule has 0 bridgehead atoms. The van der Waals surface area contributed by atoms with E-state index >= 15 is 0 Å². The Labute approximate surface area is 177 Å². The van der Waals surface area contributed by atoms with Crippen molar-refractivity contribution in [1.29, 1.82) is 0 Å². The van der Waals surface area contributed by atoms with Crippen molar-refractivity contribution in [2.45, 2.75) is 37.5 Å². The maximum absolute atomic E-state index is 13.7. The average Bonchev–Trinajstić information content (AvgIpc) is 2.74. The van der Waals surface area contributed by atoms with Crippen LogP contribution in [-0.4, -0.2) is 38.8 Å². The molecule has 2 aromatic rings. The van der Waals surface area contributed by atoms with Crippen LogP contribution >= 0.6 is 0 Å². The summed E-state index contributed by atoms with van der Waals surface area (Å²) in [5.74, 6) is -0.901.